The number of anilines is 3. The Kier molecular flexibility index (Phi) is 7.28. The standard InChI is InChI=1S/C21H18FN5O3S/c1-13(28)23-16-6-3-7-17(11-16)24-19(29)12-31-20-9-8-18(26-27-20)25-21(30)14-4-2-5-15(22)10-14/h2-11H,12H2,1H3,(H,23,28)(H,24,29)(H,25,26,30). The van der Waals surface area contributed by atoms with Gasteiger partial charge in [-0.15, -0.1) is 10.2 Å². The first-order valence-corrected chi connectivity index (χ1v) is 10.1. The summed E-state index contributed by atoms with van der Waals surface area (Å²) in [6.07, 6.45) is 0. The molecule has 0 aliphatic carbocycles. The lowest BCUT2D eigenvalue weighted by atomic mass is 10.2. The van der Waals surface area contributed by atoms with Crippen molar-refractivity contribution in [2.75, 3.05) is 21.7 Å². The van der Waals surface area contributed by atoms with Crippen LogP contribution in [0, 0.1) is 5.82 Å². The lowest BCUT2D eigenvalue weighted by molar-refractivity contribution is -0.114. The van der Waals surface area contributed by atoms with E-state index >= 15 is 0 Å². The van der Waals surface area contributed by atoms with Crippen molar-refractivity contribution in [1.29, 1.82) is 0 Å². The highest BCUT2D eigenvalue weighted by Crippen LogP contribution is 2.18. The molecule has 1 aromatic heterocycles. The Bertz CT molecular complexity index is 1110. The van der Waals surface area contributed by atoms with Crippen molar-refractivity contribution in [3.63, 3.8) is 0 Å². The van der Waals surface area contributed by atoms with Crippen LogP contribution in [0.1, 0.15) is 17.3 Å². The van der Waals surface area contributed by atoms with Crippen LogP contribution in [0.2, 0.25) is 0 Å². The minimum absolute atomic E-state index is 0.0913. The normalized spacial score (nSPS) is 10.3. The predicted octanol–water partition coefficient (Wildman–Crippen LogP) is 3.56. The summed E-state index contributed by atoms with van der Waals surface area (Å²) in [4.78, 5) is 35.4. The van der Waals surface area contributed by atoms with Crippen molar-refractivity contribution < 1.29 is 18.8 Å². The lowest BCUT2D eigenvalue weighted by Crippen LogP contribution is -2.15. The van der Waals surface area contributed by atoms with E-state index in [1.54, 1.807) is 36.4 Å². The Morgan fingerprint density at radius 3 is 2.32 bits per heavy atom. The van der Waals surface area contributed by atoms with E-state index < -0.39 is 11.7 Å². The zero-order valence-electron chi connectivity index (χ0n) is 16.4. The number of hydrogen-bond acceptors (Lipinski definition) is 6. The Balaban J connectivity index is 1.50. The molecule has 0 unspecified atom stereocenters. The van der Waals surface area contributed by atoms with Crippen LogP contribution in [-0.4, -0.2) is 33.7 Å². The molecule has 2 aromatic carbocycles. The van der Waals surface area contributed by atoms with Gasteiger partial charge in [-0.3, -0.25) is 14.4 Å². The van der Waals surface area contributed by atoms with Gasteiger partial charge < -0.3 is 16.0 Å². The second-order valence-electron chi connectivity index (χ2n) is 6.32. The summed E-state index contributed by atoms with van der Waals surface area (Å²) in [6, 6.07) is 15.3. The van der Waals surface area contributed by atoms with Gasteiger partial charge in [0.15, 0.2) is 5.82 Å². The minimum Gasteiger partial charge on any atom is -0.326 e. The van der Waals surface area contributed by atoms with Gasteiger partial charge in [-0.25, -0.2) is 4.39 Å². The molecule has 0 atom stereocenters. The molecule has 3 N–H and O–H groups in total. The number of halogens is 1. The molecule has 0 aliphatic rings. The van der Waals surface area contributed by atoms with E-state index in [1.165, 1.54) is 36.9 Å². The van der Waals surface area contributed by atoms with Gasteiger partial charge in [0.05, 0.1) is 5.75 Å². The molecule has 3 rings (SSSR count). The highest BCUT2D eigenvalue weighted by Gasteiger charge is 2.10. The summed E-state index contributed by atoms with van der Waals surface area (Å²) in [5.74, 6) is -1.17. The maximum Gasteiger partial charge on any atom is 0.256 e. The fourth-order valence-electron chi connectivity index (χ4n) is 2.50. The van der Waals surface area contributed by atoms with Gasteiger partial charge in [0, 0.05) is 23.9 Å². The van der Waals surface area contributed by atoms with Crippen LogP contribution in [0.15, 0.2) is 65.7 Å². The van der Waals surface area contributed by atoms with E-state index in [4.69, 9.17) is 0 Å². The molecule has 0 bridgehead atoms. The van der Waals surface area contributed by atoms with Gasteiger partial charge in [0.1, 0.15) is 10.8 Å². The van der Waals surface area contributed by atoms with Gasteiger partial charge >= 0.3 is 0 Å². The number of thioether (sulfide) groups is 1. The van der Waals surface area contributed by atoms with Crippen molar-refractivity contribution in [2.45, 2.75) is 11.9 Å². The van der Waals surface area contributed by atoms with E-state index in [2.05, 4.69) is 26.1 Å². The third-order valence-electron chi connectivity index (χ3n) is 3.79. The van der Waals surface area contributed by atoms with Crippen LogP contribution in [-0.2, 0) is 9.59 Å². The zero-order valence-corrected chi connectivity index (χ0v) is 17.2. The van der Waals surface area contributed by atoms with Gasteiger partial charge in [0.25, 0.3) is 5.91 Å². The molecule has 3 aromatic rings. The van der Waals surface area contributed by atoms with Crippen LogP contribution >= 0.6 is 11.8 Å². The number of hydrogen-bond donors (Lipinski definition) is 3. The lowest BCUT2D eigenvalue weighted by Gasteiger charge is -2.08. The first-order chi connectivity index (χ1) is 14.9. The largest absolute Gasteiger partial charge is 0.326 e. The molecule has 158 valence electrons. The Labute approximate surface area is 181 Å². The molecule has 0 aliphatic heterocycles. The van der Waals surface area contributed by atoms with Crippen LogP contribution in [0.4, 0.5) is 21.6 Å². The van der Waals surface area contributed by atoms with E-state index in [1.807, 2.05) is 0 Å². The highest BCUT2D eigenvalue weighted by atomic mass is 32.2. The predicted molar refractivity (Wildman–Crippen MR) is 116 cm³/mol. The van der Waals surface area contributed by atoms with Crippen molar-refractivity contribution in [1.82, 2.24) is 10.2 Å². The Morgan fingerprint density at radius 1 is 0.903 bits per heavy atom. The second-order valence-corrected chi connectivity index (χ2v) is 7.32. The Hall–Kier alpha value is -3.79. The molecule has 0 radical (unpaired) electrons. The Morgan fingerprint density at radius 2 is 1.65 bits per heavy atom. The monoisotopic (exact) mass is 439 g/mol. The number of rotatable bonds is 7. The van der Waals surface area contributed by atoms with E-state index in [9.17, 15) is 18.8 Å². The number of aromatic nitrogens is 2. The molecule has 1 heterocycles. The number of amides is 3. The van der Waals surface area contributed by atoms with Crippen molar-refractivity contribution in [3.8, 4) is 0 Å². The van der Waals surface area contributed by atoms with Crippen molar-refractivity contribution in [3.05, 3.63) is 72.0 Å². The number of carbonyl (C=O) groups is 3. The molecule has 0 saturated heterocycles. The summed E-state index contributed by atoms with van der Waals surface area (Å²) in [7, 11) is 0. The molecule has 0 saturated carbocycles. The zero-order chi connectivity index (χ0) is 22.2. The van der Waals surface area contributed by atoms with Crippen molar-refractivity contribution in [2.24, 2.45) is 0 Å². The third kappa shape index (κ3) is 6.89. The molecular formula is C21H18FN5O3S. The topological polar surface area (TPSA) is 113 Å². The van der Waals surface area contributed by atoms with Crippen LogP contribution in [0.3, 0.4) is 0 Å². The van der Waals surface area contributed by atoms with E-state index in [0.29, 0.717) is 16.4 Å². The number of nitrogens with zero attached hydrogens (tertiary/aromatic N) is 2. The average molecular weight is 439 g/mol. The van der Waals surface area contributed by atoms with Gasteiger partial charge in [0.2, 0.25) is 11.8 Å². The summed E-state index contributed by atoms with van der Waals surface area (Å²) >= 11 is 1.17. The number of nitrogens with one attached hydrogen (secondary N) is 3. The molecule has 31 heavy (non-hydrogen) atoms. The van der Waals surface area contributed by atoms with E-state index in [-0.39, 0.29) is 28.9 Å². The summed E-state index contributed by atoms with van der Waals surface area (Å²) in [5.41, 5.74) is 1.30. The van der Waals surface area contributed by atoms with Gasteiger partial charge in [-0.1, -0.05) is 23.9 Å². The first-order valence-electron chi connectivity index (χ1n) is 9.10. The summed E-state index contributed by atoms with van der Waals surface area (Å²) < 4.78 is 13.2. The third-order valence-corrected chi connectivity index (χ3v) is 4.71. The molecule has 0 spiro atoms. The van der Waals surface area contributed by atoms with Gasteiger partial charge in [-0.05, 0) is 48.5 Å². The SMILES string of the molecule is CC(=O)Nc1cccc(NC(=O)CSc2ccc(NC(=O)c3cccc(F)c3)nn2)c1. The molecular weight excluding hydrogens is 421 g/mol. The molecule has 3 amide bonds. The fraction of sp³-hybridized carbons (Fsp3) is 0.0952. The summed E-state index contributed by atoms with van der Waals surface area (Å²) in [6.45, 7) is 1.40. The highest BCUT2D eigenvalue weighted by molar-refractivity contribution is 7.99. The second kappa shape index (κ2) is 10.3. The first kappa shape index (κ1) is 21.9. The maximum atomic E-state index is 13.2. The fourth-order valence-corrected chi connectivity index (χ4v) is 3.11. The number of benzene rings is 2. The van der Waals surface area contributed by atoms with Crippen molar-refractivity contribution >= 4 is 46.7 Å². The molecule has 0 fully saturated rings. The smallest absolute Gasteiger partial charge is 0.256 e. The molecule has 10 heteroatoms. The average Bonchev–Trinajstić information content (AvgIpc) is 2.73. The minimum atomic E-state index is -0.509. The van der Waals surface area contributed by atoms with E-state index in [0.717, 1.165) is 6.07 Å². The van der Waals surface area contributed by atoms with Crippen LogP contribution < -0.4 is 16.0 Å². The number of carbonyl (C=O) groups excluding carboxylic acids is 3. The van der Waals surface area contributed by atoms with Gasteiger partial charge in [-0.2, -0.15) is 0 Å². The maximum absolute atomic E-state index is 13.2. The summed E-state index contributed by atoms with van der Waals surface area (Å²) in [5, 5.41) is 16.3. The molecule has 8 nitrogen and oxygen atoms in total. The van der Waals surface area contributed by atoms with Crippen LogP contribution in [0.5, 0.6) is 0 Å². The quantitative estimate of drug-likeness (QED) is 0.485. The van der Waals surface area contributed by atoms with Crippen LogP contribution in [0.25, 0.3) is 0 Å².